The summed E-state index contributed by atoms with van der Waals surface area (Å²) in [7, 11) is 0. The predicted octanol–water partition coefficient (Wildman–Crippen LogP) is 1.95. The molecule has 2 N–H and O–H groups in total. The molecule has 8 heteroatoms. The van der Waals surface area contributed by atoms with Gasteiger partial charge >= 0.3 is 11.8 Å². The van der Waals surface area contributed by atoms with Gasteiger partial charge in [-0.25, -0.2) is 0 Å². The summed E-state index contributed by atoms with van der Waals surface area (Å²) in [4.78, 5) is 25.0. The summed E-state index contributed by atoms with van der Waals surface area (Å²) in [6, 6.07) is -0.491. The summed E-state index contributed by atoms with van der Waals surface area (Å²) in [5, 5.41) is 32.7. The monoisotopic (exact) mass is 396 g/mol. The van der Waals surface area contributed by atoms with Crippen molar-refractivity contribution in [3.05, 3.63) is 0 Å². The van der Waals surface area contributed by atoms with E-state index in [0.29, 0.717) is 25.7 Å². The number of carbonyl (C=O) groups is 2. The fourth-order valence-electron chi connectivity index (χ4n) is 5.23. The van der Waals surface area contributed by atoms with Crippen LogP contribution in [0, 0.1) is 0 Å². The number of nitrogens with one attached hydrogen (secondary N) is 2. The van der Waals surface area contributed by atoms with Gasteiger partial charge in [0, 0.05) is 34.2 Å². The van der Waals surface area contributed by atoms with E-state index >= 15 is 0 Å². The molecule has 0 aliphatic carbocycles. The van der Waals surface area contributed by atoms with Crippen molar-refractivity contribution in [3.8, 4) is 0 Å². The molecule has 2 saturated heterocycles. The Hall–Kier alpha value is -1.22. The summed E-state index contributed by atoms with van der Waals surface area (Å²) >= 11 is 0. The van der Waals surface area contributed by atoms with Gasteiger partial charge in [-0.3, -0.25) is 9.59 Å². The zero-order valence-electron chi connectivity index (χ0n) is 18.5. The number of nitrogens with zero attached hydrogens (tertiary/aromatic N) is 2. The van der Waals surface area contributed by atoms with Crippen molar-refractivity contribution >= 4 is 11.8 Å². The Balaban J connectivity index is 1.99. The lowest BCUT2D eigenvalue weighted by Gasteiger charge is -2.50. The maximum atomic E-state index is 12.5. The first-order valence-electron chi connectivity index (χ1n) is 10.0. The van der Waals surface area contributed by atoms with E-state index in [4.69, 9.17) is 0 Å². The summed E-state index contributed by atoms with van der Waals surface area (Å²) in [6.45, 7) is 14.8. The normalized spacial score (nSPS) is 27.9. The molecule has 0 atom stereocenters. The molecule has 2 rings (SSSR count). The fourth-order valence-corrected chi connectivity index (χ4v) is 5.23. The number of piperidine rings is 2. The highest BCUT2D eigenvalue weighted by Gasteiger charge is 2.48. The minimum Gasteiger partial charge on any atom is -0.345 e. The third-order valence-corrected chi connectivity index (χ3v) is 6.06. The zero-order chi connectivity index (χ0) is 21.7. The second-order valence-corrected chi connectivity index (χ2v) is 11.0. The van der Waals surface area contributed by atoms with E-state index < -0.39 is 34.0 Å². The van der Waals surface area contributed by atoms with Crippen molar-refractivity contribution in [2.75, 3.05) is 0 Å². The van der Waals surface area contributed by atoms with E-state index in [9.17, 15) is 20.0 Å². The maximum Gasteiger partial charge on any atom is 0.309 e. The fraction of sp³-hybridized carbons (Fsp3) is 0.900. The second kappa shape index (κ2) is 7.23. The summed E-state index contributed by atoms with van der Waals surface area (Å²) in [5.74, 6) is -1.37. The van der Waals surface area contributed by atoms with Gasteiger partial charge in [0.1, 0.15) is 0 Å². The molecule has 2 fully saturated rings. The number of hydrogen-bond acceptors (Lipinski definition) is 4. The van der Waals surface area contributed by atoms with Crippen LogP contribution in [0.3, 0.4) is 0 Å². The SMILES string of the molecule is CC1(C)CC(NC(=O)C(=O)NC2CC(C)(C)N([O])C(C)(C)C2)CC(C)(C)N1[O]. The van der Waals surface area contributed by atoms with Crippen LogP contribution in [0.15, 0.2) is 0 Å². The largest absolute Gasteiger partial charge is 0.345 e. The molecule has 0 bridgehead atoms. The molecule has 2 amide bonds. The van der Waals surface area contributed by atoms with Crippen molar-refractivity contribution in [2.45, 2.75) is 115 Å². The number of amides is 2. The number of carbonyl (C=O) groups excluding carboxylic acids is 2. The van der Waals surface area contributed by atoms with Crippen LogP contribution in [0.2, 0.25) is 0 Å². The van der Waals surface area contributed by atoms with E-state index in [1.807, 2.05) is 55.4 Å². The molecule has 0 unspecified atom stereocenters. The van der Waals surface area contributed by atoms with Crippen molar-refractivity contribution in [2.24, 2.45) is 0 Å². The third kappa shape index (κ3) is 4.67. The second-order valence-electron chi connectivity index (χ2n) is 11.0. The Bertz CT molecular complexity index is 540. The minimum atomic E-state index is -0.684. The van der Waals surface area contributed by atoms with E-state index in [2.05, 4.69) is 10.6 Å². The van der Waals surface area contributed by atoms with Crippen LogP contribution < -0.4 is 10.6 Å². The van der Waals surface area contributed by atoms with E-state index in [0.717, 1.165) is 10.1 Å². The first kappa shape index (κ1) is 23.1. The first-order valence-corrected chi connectivity index (χ1v) is 10.0. The molecule has 2 aliphatic rings. The van der Waals surface area contributed by atoms with Gasteiger partial charge in [0.25, 0.3) is 0 Å². The van der Waals surface area contributed by atoms with Gasteiger partial charge < -0.3 is 10.6 Å². The molecule has 0 aromatic carbocycles. The molecule has 2 radical (unpaired) electrons. The van der Waals surface area contributed by atoms with Crippen LogP contribution in [0.5, 0.6) is 0 Å². The molecular formula is C20H36N4O4. The van der Waals surface area contributed by atoms with Crippen LogP contribution in [-0.2, 0) is 20.0 Å². The maximum absolute atomic E-state index is 12.5. The van der Waals surface area contributed by atoms with Gasteiger partial charge in [-0.1, -0.05) is 0 Å². The molecule has 2 heterocycles. The molecule has 0 aromatic heterocycles. The third-order valence-electron chi connectivity index (χ3n) is 6.06. The van der Waals surface area contributed by atoms with E-state index in [1.165, 1.54) is 0 Å². The Morgan fingerprint density at radius 3 is 1.04 bits per heavy atom. The predicted molar refractivity (Wildman–Crippen MR) is 104 cm³/mol. The quantitative estimate of drug-likeness (QED) is 0.696. The van der Waals surface area contributed by atoms with Gasteiger partial charge in [-0.05, 0) is 81.1 Å². The highest BCUT2D eigenvalue weighted by Crippen LogP contribution is 2.38. The van der Waals surface area contributed by atoms with Crippen molar-refractivity contribution in [3.63, 3.8) is 0 Å². The van der Waals surface area contributed by atoms with Crippen molar-refractivity contribution in [1.82, 2.24) is 20.8 Å². The number of rotatable bonds is 2. The Kier molecular flexibility index (Phi) is 5.96. The van der Waals surface area contributed by atoms with Crippen LogP contribution in [-0.4, -0.2) is 56.2 Å². The lowest BCUT2D eigenvalue weighted by atomic mass is 9.78. The molecule has 160 valence electrons. The zero-order valence-corrected chi connectivity index (χ0v) is 18.5. The topological polar surface area (TPSA) is 104 Å². The highest BCUT2D eigenvalue weighted by atomic mass is 16.5. The first-order chi connectivity index (χ1) is 12.5. The standard InChI is InChI=1S/C20H36N4O4/c1-17(2)9-13(10-18(3,4)23(17)27)21-15(25)16(26)22-14-11-19(5,6)24(28)20(7,8)12-14/h13-14H,9-12H2,1-8H3,(H,21,25)(H,22,26). The van der Waals surface area contributed by atoms with E-state index in [-0.39, 0.29) is 12.1 Å². The van der Waals surface area contributed by atoms with Gasteiger partial charge in [0.05, 0.1) is 0 Å². The highest BCUT2D eigenvalue weighted by molar-refractivity contribution is 6.35. The summed E-state index contributed by atoms with van der Waals surface area (Å²) in [5.41, 5.74) is -2.48. The minimum absolute atomic E-state index is 0.246. The van der Waals surface area contributed by atoms with Gasteiger partial charge in [0.15, 0.2) is 0 Å². The summed E-state index contributed by atoms with van der Waals surface area (Å²) < 4.78 is 0. The Labute approximate surface area is 168 Å². The molecule has 28 heavy (non-hydrogen) atoms. The number of hydrogen-bond donors (Lipinski definition) is 2. The molecule has 0 spiro atoms. The Morgan fingerprint density at radius 2 is 0.821 bits per heavy atom. The molecule has 8 nitrogen and oxygen atoms in total. The Morgan fingerprint density at radius 1 is 0.607 bits per heavy atom. The van der Waals surface area contributed by atoms with Gasteiger partial charge in [-0.2, -0.15) is 0 Å². The molecule has 0 saturated carbocycles. The molecule has 2 aliphatic heterocycles. The van der Waals surface area contributed by atoms with Crippen molar-refractivity contribution in [1.29, 1.82) is 0 Å². The average molecular weight is 397 g/mol. The van der Waals surface area contributed by atoms with Crippen LogP contribution in [0.1, 0.15) is 81.1 Å². The van der Waals surface area contributed by atoms with Crippen LogP contribution in [0.25, 0.3) is 0 Å². The van der Waals surface area contributed by atoms with E-state index in [1.54, 1.807) is 0 Å². The average Bonchev–Trinajstić information content (AvgIpc) is 2.49. The molecular weight excluding hydrogens is 360 g/mol. The van der Waals surface area contributed by atoms with Gasteiger partial charge in [-0.15, -0.1) is 20.5 Å². The lowest BCUT2D eigenvalue weighted by molar-refractivity contribution is -0.290. The number of hydroxylamine groups is 4. The van der Waals surface area contributed by atoms with Crippen LogP contribution >= 0.6 is 0 Å². The lowest BCUT2D eigenvalue weighted by Crippen LogP contribution is -2.64. The van der Waals surface area contributed by atoms with Gasteiger partial charge in [0.2, 0.25) is 0 Å². The smallest absolute Gasteiger partial charge is 0.309 e. The molecule has 0 aromatic rings. The summed E-state index contributed by atoms with van der Waals surface area (Å²) in [6.07, 6.45) is 1.92. The van der Waals surface area contributed by atoms with Crippen molar-refractivity contribution < 1.29 is 20.0 Å². The van der Waals surface area contributed by atoms with Crippen LogP contribution in [0.4, 0.5) is 0 Å².